The van der Waals surface area contributed by atoms with Crippen LogP contribution in [-0.2, 0) is 11.2 Å². The van der Waals surface area contributed by atoms with Gasteiger partial charge in [0.15, 0.2) is 5.96 Å². The molecular formula is C22H37IN6O. The van der Waals surface area contributed by atoms with Crippen LogP contribution in [0, 0.1) is 5.92 Å². The van der Waals surface area contributed by atoms with Gasteiger partial charge in [-0.1, -0.05) is 26.0 Å². The number of hydrogen-bond acceptors (Lipinski definition) is 4. The van der Waals surface area contributed by atoms with Crippen molar-refractivity contribution in [3.05, 3.63) is 30.1 Å². The second kappa shape index (κ2) is 13.1. The molecule has 3 rings (SSSR count). The monoisotopic (exact) mass is 528 g/mol. The first-order valence-corrected chi connectivity index (χ1v) is 10.9. The number of hydrogen-bond donors (Lipinski definition) is 3. The van der Waals surface area contributed by atoms with Crippen molar-refractivity contribution in [3.8, 4) is 0 Å². The first kappa shape index (κ1) is 24.9. The summed E-state index contributed by atoms with van der Waals surface area (Å²) in [6.45, 7) is 10.1. The molecule has 0 radical (unpaired) electrons. The predicted molar refractivity (Wildman–Crippen MR) is 135 cm³/mol. The number of rotatable bonds is 9. The molecule has 0 amide bonds. The second-order valence-electron chi connectivity index (χ2n) is 8.12. The maximum absolute atomic E-state index is 5.52. The molecule has 0 aliphatic carbocycles. The van der Waals surface area contributed by atoms with Crippen LogP contribution in [0.2, 0.25) is 0 Å². The maximum atomic E-state index is 5.52. The van der Waals surface area contributed by atoms with E-state index >= 15 is 0 Å². The number of morpholine rings is 1. The summed E-state index contributed by atoms with van der Waals surface area (Å²) < 4.78 is 5.52. The van der Waals surface area contributed by atoms with Crippen LogP contribution < -0.4 is 10.6 Å². The van der Waals surface area contributed by atoms with Crippen LogP contribution in [-0.4, -0.2) is 73.3 Å². The Morgan fingerprint density at radius 2 is 2.00 bits per heavy atom. The Morgan fingerprint density at radius 3 is 2.70 bits per heavy atom. The summed E-state index contributed by atoms with van der Waals surface area (Å²) in [5.41, 5.74) is 2.14. The topological polar surface area (TPSA) is 77.6 Å². The number of H-pyrrole nitrogens is 1. The lowest BCUT2D eigenvalue weighted by molar-refractivity contribution is 0.0132. The van der Waals surface area contributed by atoms with Crippen LogP contribution in [0.3, 0.4) is 0 Å². The number of fused-ring (bicyclic) bond motifs is 1. The first-order valence-electron chi connectivity index (χ1n) is 10.9. The van der Waals surface area contributed by atoms with Crippen LogP contribution in [0.15, 0.2) is 29.3 Å². The highest BCUT2D eigenvalue weighted by Gasteiger charge is 2.22. The number of para-hydroxylation sites is 2. The van der Waals surface area contributed by atoms with Gasteiger partial charge in [-0.2, -0.15) is 0 Å². The quantitative estimate of drug-likeness (QED) is 0.202. The highest BCUT2D eigenvalue weighted by atomic mass is 127. The van der Waals surface area contributed by atoms with Gasteiger partial charge in [0.25, 0.3) is 0 Å². The van der Waals surface area contributed by atoms with E-state index in [9.17, 15) is 0 Å². The van der Waals surface area contributed by atoms with Gasteiger partial charge in [0.2, 0.25) is 0 Å². The summed E-state index contributed by atoms with van der Waals surface area (Å²) in [5.74, 6) is 2.58. The van der Waals surface area contributed by atoms with Crippen molar-refractivity contribution < 1.29 is 4.74 Å². The third-order valence-electron chi connectivity index (χ3n) is 5.36. The molecule has 1 aliphatic heterocycles. The molecule has 1 atom stereocenters. The Balaban J connectivity index is 0.00000320. The van der Waals surface area contributed by atoms with Gasteiger partial charge < -0.3 is 20.4 Å². The first-order chi connectivity index (χ1) is 14.2. The zero-order chi connectivity index (χ0) is 20.5. The second-order valence-corrected chi connectivity index (χ2v) is 8.12. The van der Waals surface area contributed by atoms with Gasteiger partial charge in [0.1, 0.15) is 5.82 Å². The number of aliphatic imine (C=N–C) groups is 1. The number of imidazole rings is 1. The van der Waals surface area contributed by atoms with E-state index in [1.165, 1.54) is 6.42 Å². The number of nitrogens with one attached hydrogen (secondary N) is 3. The molecule has 1 saturated heterocycles. The van der Waals surface area contributed by atoms with E-state index in [-0.39, 0.29) is 24.0 Å². The molecule has 2 heterocycles. The minimum absolute atomic E-state index is 0. The van der Waals surface area contributed by atoms with E-state index in [4.69, 9.17) is 4.74 Å². The molecule has 0 spiro atoms. The summed E-state index contributed by atoms with van der Waals surface area (Å²) in [5, 5.41) is 6.96. The lowest BCUT2D eigenvalue weighted by atomic mass is 10.0. The normalized spacial score (nSPS) is 16.5. The number of halogens is 1. The van der Waals surface area contributed by atoms with Crippen LogP contribution in [0.4, 0.5) is 0 Å². The SMILES string of the molecule is CN=C(NCCCc1nc2ccccc2[nH]1)NCC(CC(C)C)N1CCOCC1.I. The smallest absolute Gasteiger partial charge is 0.191 e. The largest absolute Gasteiger partial charge is 0.379 e. The number of benzene rings is 1. The van der Waals surface area contributed by atoms with Crippen LogP contribution in [0.5, 0.6) is 0 Å². The number of aromatic amines is 1. The Kier molecular flexibility index (Phi) is 10.9. The molecule has 1 unspecified atom stereocenters. The highest BCUT2D eigenvalue weighted by Crippen LogP contribution is 2.13. The molecule has 1 aromatic carbocycles. The summed E-state index contributed by atoms with van der Waals surface area (Å²) in [6, 6.07) is 8.67. The van der Waals surface area contributed by atoms with Gasteiger partial charge in [-0.3, -0.25) is 9.89 Å². The minimum Gasteiger partial charge on any atom is -0.379 e. The molecule has 3 N–H and O–H groups in total. The van der Waals surface area contributed by atoms with Gasteiger partial charge in [0, 0.05) is 45.7 Å². The van der Waals surface area contributed by atoms with Gasteiger partial charge >= 0.3 is 0 Å². The highest BCUT2D eigenvalue weighted by molar-refractivity contribution is 14.0. The van der Waals surface area contributed by atoms with Crippen molar-refractivity contribution in [1.29, 1.82) is 0 Å². The van der Waals surface area contributed by atoms with Crippen LogP contribution in [0.1, 0.15) is 32.5 Å². The van der Waals surface area contributed by atoms with Crippen LogP contribution in [0.25, 0.3) is 11.0 Å². The zero-order valence-corrected chi connectivity index (χ0v) is 20.8. The van der Waals surface area contributed by atoms with Crippen molar-refractivity contribution in [2.45, 2.75) is 39.2 Å². The molecule has 1 aromatic heterocycles. The fourth-order valence-electron chi connectivity index (χ4n) is 3.87. The van der Waals surface area contributed by atoms with E-state index in [0.717, 1.165) is 75.1 Å². The molecular weight excluding hydrogens is 491 g/mol. The third kappa shape index (κ3) is 7.70. The minimum atomic E-state index is 0. The number of guanidine groups is 1. The Bertz CT molecular complexity index is 739. The molecule has 1 fully saturated rings. The molecule has 168 valence electrons. The predicted octanol–water partition coefficient (Wildman–Crippen LogP) is 3.03. The third-order valence-corrected chi connectivity index (χ3v) is 5.36. The maximum Gasteiger partial charge on any atom is 0.191 e. The van der Waals surface area contributed by atoms with Crippen molar-refractivity contribution in [1.82, 2.24) is 25.5 Å². The molecule has 7 nitrogen and oxygen atoms in total. The summed E-state index contributed by atoms with van der Waals surface area (Å²) in [7, 11) is 1.83. The number of aromatic nitrogens is 2. The van der Waals surface area contributed by atoms with Crippen molar-refractivity contribution >= 4 is 41.0 Å². The molecule has 2 aromatic rings. The lowest BCUT2D eigenvalue weighted by Crippen LogP contribution is -2.51. The van der Waals surface area contributed by atoms with Crippen LogP contribution >= 0.6 is 24.0 Å². The van der Waals surface area contributed by atoms with E-state index < -0.39 is 0 Å². The fraction of sp³-hybridized carbons (Fsp3) is 0.636. The van der Waals surface area contributed by atoms with Crippen molar-refractivity contribution in [2.75, 3.05) is 46.4 Å². The fourth-order valence-corrected chi connectivity index (χ4v) is 3.87. The molecule has 30 heavy (non-hydrogen) atoms. The Morgan fingerprint density at radius 1 is 1.23 bits per heavy atom. The summed E-state index contributed by atoms with van der Waals surface area (Å²) in [4.78, 5) is 15.0. The average molecular weight is 528 g/mol. The standard InChI is InChI=1S/C22H36N6O.HI/c1-17(2)15-18(28-11-13-29-14-12-28)16-25-22(23-3)24-10-6-9-21-26-19-7-4-5-8-20(19)27-21;/h4-5,7-8,17-18H,6,9-16H2,1-3H3,(H,26,27)(H2,23,24,25);1H. The number of aryl methyl sites for hydroxylation is 1. The van der Waals surface area contributed by atoms with Gasteiger partial charge in [-0.25, -0.2) is 4.98 Å². The number of ether oxygens (including phenoxy) is 1. The van der Waals surface area contributed by atoms with Gasteiger partial charge in [-0.05, 0) is 30.9 Å². The van der Waals surface area contributed by atoms with Gasteiger partial charge in [-0.15, -0.1) is 24.0 Å². The van der Waals surface area contributed by atoms with E-state index in [2.05, 4.69) is 50.4 Å². The zero-order valence-electron chi connectivity index (χ0n) is 18.5. The average Bonchev–Trinajstić information content (AvgIpc) is 3.15. The van der Waals surface area contributed by atoms with E-state index in [1.807, 2.05) is 25.2 Å². The molecule has 0 bridgehead atoms. The summed E-state index contributed by atoms with van der Waals surface area (Å²) >= 11 is 0. The molecule has 8 heteroatoms. The van der Waals surface area contributed by atoms with Gasteiger partial charge in [0.05, 0.1) is 24.2 Å². The molecule has 0 saturated carbocycles. The lowest BCUT2D eigenvalue weighted by Gasteiger charge is -2.35. The Labute approximate surface area is 197 Å². The van der Waals surface area contributed by atoms with E-state index in [0.29, 0.717) is 12.0 Å². The number of nitrogens with zero attached hydrogens (tertiary/aromatic N) is 3. The molecule has 1 aliphatic rings. The van der Waals surface area contributed by atoms with Crippen molar-refractivity contribution in [3.63, 3.8) is 0 Å². The van der Waals surface area contributed by atoms with Crippen molar-refractivity contribution in [2.24, 2.45) is 10.9 Å². The van der Waals surface area contributed by atoms with E-state index in [1.54, 1.807) is 0 Å². The summed E-state index contributed by atoms with van der Waals surface area (Å²) in [6.07, 6.45) is 3.10. The Hall–Kier alpha value is -1.39.